The van der Waals surface area contributed by atoms with Gasteiger partial charge in [-0.15, -0.1) is 0 Å². The Labute approximate surface area is 99.4 Å². The first-order chi connectivity index (χ1) is 7.66. The van der Waals surface area contributed by atoms with Crippen molar-refractivity contribution in [3.05, 3.63) is 45.6 Å². The predicted molar refractivity (Wildman–Crippen MR) is 60.3 cm³/mol. The summed E-state index contributed by atoms with van der Waals surface area (Å²) in [5.41, 5.74) is 0. The lowest BCUT2D eigenvalue weighted by Crippen LogP contribution is -1.83. The Morgan fingerprint density at radius 1 is 1.38 bits per heavy atom. The number of thiazole rings is 1. The van der Waals surface area contributed by atoms with Gasteiger partial charge in [-0.1, -0.05) is 29.8 Å². The van der Waals surface area contributed by atoms with Crippen LogP contribution in [0.2, 0.25) is 5.15 Å². The minimum Gasteiger partial charge on any atom is -0.431 e. The van der Waals surface area contributed by atoms with E-state index < -0.39 is 4.92 Å². The average Bonchev–Trinajstić information content (AvgIpc) is 2.61. The zero-order valence-electron chi connectivity index (χ0n) is 7.79. The molecule has 0 aliphatic rings. The molecule has 0 saturated carbocycles. The molecule has 0 amide bonds. The van der Waals surface area contributed by atoms with E-state index >= 15 is 0 Å². The molecule has 0 fully saturated rings. The van der Waals surface area contributed by atoms with E-state index in [4.69, 9.17) is 16.3 Å². The summed E-state index contributed by atoms with van der Waals surface area (Å²) in [6, 6.07) is 8.87. The van der Waals surface area contributed by atoms with Gasteiger partial charge in [-0.05, 0) is 23.5 Å². The van der Waals surface area contributed by atoms with Gasteiger partial charge in [0.25, 0.3) is 5.19 Å². The zero-order valence-corrected chi connectivity index (χ0v) is 9.36. The topological polar surface area (TPSA) is 65.3 Å². The van der Waals surface area contributed by atoms with E-state index in [-0.39, 0.29) is 15.3 Å². The summed E-state index contributed by atoms with van der Waals surface area (Å²) in [6.45, 7) is 0. The maximum Gasteiger partial charge on any atom is 0.366 e. The number of para-hydroxylation sites is 1. The van der Waals surface area contributed by atoms with Gasteiger partial charge in [0.05, 0.1) is 4.92 Å². The lowest BCUT2D eigenvalue weighted by molar-refractivity contribution is -0.380. The first kappa shape index (κ1) is 10.8. The largest absolute Gasteiger partial charge is 0.431 e. The van der Waals surface area contributed by atoms with Gasteiger partial charge in [-0.3, -0.25) is 10.1 Å². The normalized spacial score (nSPS) is 10.1. The predicted octanol–water partition coefficient (Wildman–Crippen LogP) is 3.50. The van der Waals surface area contributed by atoms with Gasteiger partial charge in [-0.25, -0.2) is 0 Å². The number of rotatable bonds is 3. The number of nitrogens with zero attached hydrogens (tertiary/aromatic N) is 2. The van der Waals surface area contributed by atoms with Crippen molar-refractivity contribution in [2.75, 3.05) is 0 Å². The second kappa shape index (κ2) is 4.46. The van der Waals surface area contributed by atoms with Crippen molar-refractivity contribution >= 4 is 27.9 Å². The number of hydrogen-bond acceptors (Lipinski definition) is 5. The second-order valence-electron chi connectivity index (χ2n) is 2.75. The van der Waals surface area contributed by atoms with Gasteiger partial charge in [0, 0.05) is 0 Å². The standard InChI is InChI=1S/C9H5ClN2O3S/c10-7-8(12(13)14)16-9(11-7)15-6-4-2-1-3-5-6/h1-5H. The Bertz CT molecular complexity index is 515. The van der Waals surface area contributed by atoms with Crippen molar-refractivity contribution in [1.29, 1.82) is 0 Å². The fourth-order valence-corrected chi connectivity index (χ4v) is 1.98. The summed E-state index contributed by atoms with van der Waals surface area (Å²) >= 11 is 6.38. The molecule has 1 heterocycles. The summed E-state index contributed by atoms with van der Waals surface area (Å²) < 4.78 is 5.31. The van der Waals surface area contributed by atoms with Crippen LogP contribution in [-0.4, -0.2) is 9.91 Å². The monoisotopic (exact) mass is 256 g/mol. The maximum atomic E-state index is 10.5. The Hall–Kier alpha value is -1.66. The van der Waals surface area contributed by atoms with Crippen molar-refractivity contribution in [2.45, 2.75) is 0 Å². The molecular weight excluding hydrogens is 252 g/mol. The van der Waals surface area contributed by atoms with Crippen molar-refractivity contribution in [1.82, 2.24) is 4.98 Å². The molecule has 2 rings (SSSR count). The van der Waals surface area contributed by atoms with Crippen LogP contribution < -0.4 is 4.74 Å². The molecule has 0 saturated heterocycles. The molecule has 16 heavy (non-hydrogen) atoms. The lowest BCUT2D eigenvalue weighted by atomic mass is 10.3. The quantitative estimate of drug-likeness (QED) is 0.623. The highest BCUT2D eigenvalue weighted by molar-refractivity contribution is 7.17. The van der Waals surface area contributed by atoms with E-state index in [1.807, 2.05) is 6.07 Å². The highest BCUT2D eigenvalue weighted by Crippen LogP contribution is 2.37. The van der Waals surface area contributed by atoms with E-state index in [0.717, 1.165) is 11.3 Å². The van der Waals surface area contributed by atoms with E-state index in [9.17, 15) is 10.1 Å². The molecule has 1 aromatic heterocycles. The van der Waals surface area contributed by atoms with Gasteiger partial charge < -0.3 is 4.74 Å². The molecule has 5 nitrogen and oxygen atoms in total. The highest BCUT2D eigenvalue weighted by atomic mass is 35.5. The maximum absolute atomic E-state index is 10.5. The smallest absolute Gasteiger partial charge is 0.366 e. The molecular formula is C9H5ClN2O3S. The summed E-state index contributed by atoms with van der Waals surface area (Å²) in [5, 5.41) is 10.3. The van der Waals surface area contributed by atoms with E-state index in [0.29, 0.717) is 5.75 Å². The van der Waals surface area contributed by atoms with Gasteiger partial charge in [0.15, 0.2) is 0 Å². The molecule has 0 bridgehead atoms. The average molecular weight is 257 g/mol. The van der Waals surface area contributed by atoms with Gasteiger partial charge in [0.1, 0.15) is 5.75 Å². The molecule has 7 heteroatoms. The lowest BCUT2D eigenvalue weighted by Gasteiger charge is -1.98. The van der Waals surface area contributed by atoms with Crippen LogP contribution in [0.4, 0.5) is 5.00 Å². The molecule has 0 aliphatic carbocycles. The zero-order chi connectivity index (χ0) is 11.5. The minimum absolute atomic E-state index is 0.152. The van der Waals surface area contributed by atoms with E-state index in [1.54, 1.807) is 24.3 Å². The third kappa shape index (κ3) is 2.29. The van der Waals surface area contributed by atoms with Crippen molar-refractivity contribution < 1.29 is 9.66 Å². The van der Waals surface area contributed by atoms with Crippen molar-refractivity contribution in [3.63, 3.8) is 0 Å². The SMILES string of the molecule is O=[N+]([O-])c1sc(Oc2ccccc2)nc1Cl. The number of aromatic nitrogens is 1. The summed E-state index contributed by atoms with van der Waals surface area (Å²) in [5.74, 6) is 0.558. The Morgan fingerprint density at radius 3 is 2.62 bits per heavy atom. The third-order valence-electron chi connectivity index (χ3n) is 1.66. The van der Waals surface area contributed by atoms with Crippen LogP contribution in [0, 0.1) is 10.1 Å². The molecule has 0 atom stereocenters. The fourth-order valence-electron chi connectivity index (χ4n) is 1.02. The van der Waals surface area contributed by atoms with Crippen LogP contribution in [-0.2, 0) is 0 Å². The fraction of sp³-hybridized carbons (Fsp3) is 0. The van der Waals surface area contributed by atoms with Gasteiger partial charge in [0.2, 0.25) is 5.15 Å². The second-order valence-corrected chi connectivity index (χ2v) is 4.05. The molecule has 2 aromatic rings. The molecule has 0 spiro atoms. The van der Waals surface area contributed by atoms with Crippen molar-refractivity contribution in [2.24, 2.45) is 0 Å². The number of halogens is 1. The van der Waals surface area contributed by atoms with E-state index in [1.165, 1.54) is 0 Å². The number of benzene rings is 1. The molecule has 0 unspecified atom stereocenters. The van der Waals surface area contributed by atoms with Crippen LogP contribution in [0.25, 0.3) is 0 Å². The molecule has 0 aliphatic heterocycles. The van der Waals surface area contributed by atoms with Gasteiger partial charge >= 0.3 is 5.00 Å². The molecule has 1 aromatic carbocycles. The summed E-state index contributed by atoms with van der Waals surface area (Å²) in [7, 11) is 0. The number of hydrogen-bond donors (Lipinski definition) is 0. The Balaban J connectivity index is 2.23. The van der Waals surface area contributed by atoms with Crippen molar-refractivity contribution in [3.8, 4) is 10.9 Å². The van der Waals surface area contributed by atoms with Crippen LogP contribution in [0.1, 0.15) is 0 Å². The number of nitro groups is 1. The first-order valence-electron chi connectivity index (χ1n) is 4.20. The van der Waals surface area contributed by atoms with Crippen LogP contribution in [0.15, 0.2) is 30.3 Å². The number of ether oxygens (including phenoxy) is 1. The first-order valence-corrected chi connectivity index (χ1v) is 5.40. The molecule has 0 N–H and O–H groups in total. The molecule has 82 valence electrons. The minimum atomic E-state index is -0.585. The highest BCUT2D eigenvalue weighted by Gasteiger charge is 2.20. The van der Waals surface area contributed by atoms with Gasteiger partial charge in [-0.2, -0.15) is 4.98 Å². The van der Waals surface area contributed by atoms with Crippen LogP contribution >= 0.6 is 22.9 Å². The Morgan fingerprint density at radius 2 is 2.06 bits per heavy atom. The summed E-state index contributed by atoms with van der Waals surface area (Å²) in [4.78, 5) is 13.7. The van der Waals surface area contributed by atoms with Crippen LogP contribution in [0.5, 0.6) is 10.9 Å². The summed E-state index contributed by atoms with van der Waals surface area (Å²) in [6.07, 6.45) is 0. The van der Waals surface area contributed by atoms with Crippen LogP contribution in [0.3, 0.4) is 0 Å². The van der Waals surface area contributed by atoms with E-state index in [2.05, 4.69) is 4.98 Å². The third-order valence-corrected chi connectivity index (χ3v) is 2.92. The Kier molecular flexibility index (Phi) is 3.02. The molecule has 0 radical (unpaired) electrons.